The number of hydrogen-bond acceptors (Lipinski definition) is 3. The van der Waals surface area contributed by atoms with Gasteiger partial charge in [0.1, 0.15) is 0 Å². The molecule has 1 fully saturated rings. The zero-order valence-electron chi connectivity index (χ0n) is 14.9. The minimum Gasteiger partial charge on any atom is -0.368 e. The van der Waals surface area contributed by atoms with Crippen molar-refractivity contribution in [3.05, 3.63) is 71.9 Å². The summed E-state index contributed by atoms with van der Waals surface area (Å²) in [4.78, 5) is 9.61. The molecule has 0 bridgehead atoms. The summed E-state index contributed by atoms with van der Waals surface area (Å²) in [6, 6.07) is 19.6. The van der Waals surface area contributed by atoms with Crippen LogP contribution in [0, 0.1) is 0 Å². The average Bonchev–Trinajstić information content (AvgIpc) is 2.68. The SMILES string of the molecule is CCc1ccc2nccc(N3CCN(Cc4ccccc4)CC3)c2c1. The van der Waals surface area contributed by atoms with Gasteiger partial charge in [-0.3, -0.25) is 9.88 Å². The summed E-state index contributed by atoms with van der Waals surface area (Å²) in [5, 5.41) is 1.29. The zero-order valence-corrected chi connectivity index (χ0v) is 14.9. The number of rotatable bonds is 4. The Balaban J connectivity index is 1.50. The first-order valence-electron chi connectivity index (χ1n) is 9.22. The fraction of sp³-hybridized carbons (Fsp3) is 0.318. The van der Waals surface area contributed by atoms with Gasteiger partial charge in [-0.25, -0.2) is 0 Å². The summed E-state index contributed by atoms with van der Waals surface area (Å²) in [6.07, 6.45) is 3.01. The maximum atomic E-state index is 4.55. The summed E-state index contributed by atoms with van der Waals surface area (Å²) in [6.45, 7) is 7.61. The summed E-state index contributed by atoms with van der Waals surface area (Å²) in [5.41, 5.74) is 5.21. The van der Waals surface area contributed by atoms with Crippen molar-refractivity contribution in [3.8, 4) is 0 Å². The Labute approximate surface area is 149 Å². The molecule has 0 N–H and O–H groups in total. The second-order valence-corrected chi connectivity index (χ2v) is 6.78. The van der Waals surface area contributed by atoms with Crippen molar-refractivity contribution in [2.75, 3.05) is 31.1 Å². The third kappa shape index (κ3) is 3.52. The predicted octanol–water partition coefficient (Wildman–Crippen LogP) is 4.12. The van der Waals surface area contributed by atoms with Gasteiger partial charge < -0.3 is 4.90 Å². The molecule has 25 heavy (non-hydrogen) atoms. The van der Waals surface area contributed by atoms with Gasteiger partial charge in [0.2, 0.25) is 0 Å². The van der Waals surface area contributed by atoms with Crippen molar-refractivity contribution >= 4 is 16.6 Å². The second kappa shape index (κ2) is 7.24. The number of nitrogens with zero attached hydrogens (tertiary/aromatic N) is 3. The molecule has 0 spiro atoms. The van der Waals surface area contributed by atoms with Crippen LogP contribution in [-0.4, -0.2) is 36.1 Å². The molecule has 1 saturated heterocycles. The third-order valence-corrected chi connectivity index (χ3v) is 5.15. The summed E-state index contributed by atoms with van der Waals surface area (Å²) in [5.74, 6) is 0. The van der Waals surface area contributed by atoms with Gasteiger partial charge in [-0.15, -0.1) is 0 Å². The maximum Gasteiger partial charge on any atom is 0.0722 e. The van der Waals surface area contributed by atoms with Gasteiger partial charge in [0.25, 0.3) is 0 Å². The summed E-state index contributed by atoms with van der Waals surface area (Å²) in [7, 11) is 0. The first-order valence-corrected chi connectivity index (χ1v) is 9.22. The average molecular weight is 331 g/mol. The van der Waals surface area contributed by atoms with E-state index < -0.39 is 0 Å². The van der Waals surface area contributed by atoms with Crippen LogP contribution in [-0.2, 0) is 13.0 Å². The predicted molar refractivity (Wildman–Crippen MR) is 105 cm³/mol. The first kappa shape index (κ1) is 16.1. The van der Waals surface area contributed by atoms with Crippen LogP contribution in [0.5, 0.6) is 0 Å². The van der Waals surface area contributed by atoms with Crippen molar-refractivity contribution in [2.24, 2.45) is 0 Å². The van der Waals surface area contributed by atoms with Crippen molar-refractivity contribution in [2.45, 2.75) is 19.9 Å². The van der Waals surface area contributed by atoms with Crippen molar-refractivity contribution in [3.63, 3.8) is 0 Å². The molecule has 0 saturated carbocycles. The Morgan fingerprint density at radius 2 is 1.68 bits per heavy atom. The van der Waals surface area contributed by atoms with Gasteiger partial charge in [0.05, 0.1) is 5.52 Å². The largest absolute Gasteiger partial charge is 0.368 e. The molecule has 0 atom stereocenters. The molecule has 3 heteroatoms. The van der Waals surface area contributed by atoms with Crippen LogP contribution in [0.1, 0.15) is 18.1 Å². The van der Waals surface area contributed by atoms with E-state index in [0.29, 0.717) is 0 Å². The second-order valence-electron chi connectivity index (χ2n) is 6.78. The third-order valence-electron chi connectivity index (χ3n) is 5.15. The van der Waals surface area contributed by atoms with E-state index in [1.54, 1.807) is 0 Å². The molecule has 2 aromatic carbocycles. The molecule has 0 amide bonds. The summed E-state index contributed by atoms with van der Waals surface area (Å²) < 4.78 is 0. The smallest absolute Gasteiger partial charge is 0.0722 e. The van der Waals surface area contributed by atoms with Crippen molar-refractivity contribution in [1.29, 1.82) is 0 Å². The van der Waals surface area contributed by atoms with Crippen molar-refractivity contribution in [1.82, 2.24) is 9.88 Å². The monoisotopic (exact) mass is 331 g/mol. The number of fused-ring (bicyclic) bond motifs is 1. The lowest BCUT2D eigenvalue weighted by atomic mass is 10.1. The minimum atomic E-state index is 1.05. The first-order chi connectivity index (χ1) is 12.3. The van der Waals surface area contributed by atoms with Gasteiger partial charge in [-0.2, -0.15) is 0 Å². The molecular weight excluding hydrogens is 306 g/mol. The van der Waals surface area contributed by atoms with Crippen LogP contribution in [0.15, 0.2) is 60.8 Å². The quantitative estimate of drug-likeness (QED) is 0.717. The molecule has 1 aromatic heterocycles. The highest BCUT2D eigenvalue weighted by Gasteiger charge is 2.19. The van der Waals surface area contributed by atoms with Gasteiger partial charge in [0.15, 0.2) is 0 Å². The molecular formula is C22H25N3. The number of hydrogen-bond donors (Lipinski definition) is 0. The zero-order chi connectivity index (χ0) is 17.1. The lowest BCUT2D eigenvalue weighted by molar-refractivity contribution is 0.250. The maximum absolute atomic E-state index is 4.55. The minimum absolute atomic E-state index is 1.05. The number of benzene rings is 2. The standard InChI is InChI=1S/C22H25N3/c1-2-18-8-9-21-20(16-18)22(10-11-23-21)25-14-12-24(13-15-25)17-19-6-4-3-5-7-19/h3-11,16H,2,12-15,17H2,1H3. The van der Waals surface area contributed by atoms with E-state index in [4.69, 9.17) is 0 Å². The topological polar surface area (TPSA) is 19.4 Å². The lowest BCUT2D eigenvalue weighted by Crippen LogP contribution is -2.46. The molecule has 128 valence electrons. The summed E-state index contributed by atoms with van der Waals surface area (Å²) >= 11 is 0. The van der Waals surface area contributed by atoms with E-state index in [-0.39, 0.29) is 0 Å². The number of pyridine rings is 1. The number of anilines is 1. The van der Waals surface area contributed by atoms with E-state index in [2.05, 4.69) is 76.3 Å². The number of aryl methyl sites for hydroxylation is 1. The van der Waals surface area contributed by atoms with Crippen molar-refractivity contribution < 1.29 is 0 Å². The Morgan fingerprint density at radius 3 is 2.44 bits per heavy atom. The Morgan fingerprint density at radius 1 is 0.880 bits per heavy atom. The molecule has 4 rings (SSSR count). The van der Waals surface area contributed by atoms with Crippen LogP contribution >= 0.6 is 0 Å². The van der Waals surface area contributed by atoms with E-state index in [1.165, 1.54) is 22.2 Å². The van der Waals surface area contributed by atoms with Crippen LogP contribution in [0.2, 0.25) is 0 Å². The van der Waals surface area contributed by atoms with Crippen LogP contribution in [0.3, 0.4) is 0 Å². The Bertz CT molecular complexity index is 836. The number of piperazine rings is 1. The van der Waals surface area contributed by atoms with Crippen LogP contribution in [0.25, 0.3) is 10.9 Å². The van der Waals surface area contributed by atoms with Crippen LogP contribution in [0.4, 0.5) is 5.69 Å². The number of aromatic nitrogens is 1. The Kier molecular flexibility index (Phi) is 4.66. The van der Waals surface area contributed by atoms with Gasteiger partial charge in [-0.05, 0) is 35.7 Å². The van der Waals surface area contributed by atoms with Gasteiger partial charge in [0, 0.05) is 50.0 Å². The fourth-order valence-electron chi connectivity index (χ4n) is 3.66. The molecule has 2 heterocycles. The van der Waals surface area contributed by atoms with E-state index >= 15 is 0 Å². The van der Waals surface area contributed by atoms with E-state index in [9.17, 15) is 0 Å². The lowest BCUT2D eigenvalue weighted by Gasteiger charge is -2.36. The Hall–Kier alpha value is -2.39. The van der Waals surface area contributed by atoms with E-state index in [0.717, 1.165) is 44.7 Å². The molecule has 3 nitrogen and oxygen atoms in total. The highest BCUT2D eigenvalue weighted by atomic mass is 15.3. The van der Waals surface area contributed by atoms with Gasteiger partial charge in [-0.1, -0.05) is 43.3 Å². The fourth-order valence-corrected chi connectivity index (χ4v) is 3.66. The molecule has 1 aliphatic rings. The molecule has 0 radical (unpaired) electrons. The van der Waals surface area contributed by atoms with Crippen LogP contribution < -0.4 is 4.90 Å². The molecule has 3 aromatic rings. The van der Waals surface area contributed by atoms with E-state index in [1.807, 2.05) is 6.20 Å². The van der Waals surface area contributed by atoms with Gasteiger partial charge >= 0.3 is 0 Å². The molecule has 0 unspecified atom stereocenters. The highest BCUT2D eigenvalue weighted by molar-refractivity contribution is 5.92. The molecule has 0 aliphatic carbocycles. The highest BCUT2D eigenvalue weighted by Crippen LogP contribution is 2.27. The normalized spacial score (nSPS) is 15.6. The molecule has 1 aliphatic heterocycles.